The van der Waals surface area contributed by atoms with Crippen molar-refractivity contribution in [3.63, 3.8) is 0 Å². The molecule has 2 aliphatic rings. The first-order valence-corrected chi connectivity index (χ1v) is 8.04. The number of hydrogen-bond acceptors (Lipinski definition) is 2. The molecule has 0 aliphatic heterocycles. The van der Waals surface area contributed by atoms with Crippen LogP contribution < -0.4 is 10.6 Å². The molecule has 0 spiro atoms. The van der Waals surface area contributed by atoms with E-state index in [2.05, 4.69) is 31.4 Å². The van der Waals surface area contributed by atoms with E-state index in [9.17, 15) is 4.79 Å². The molecule has 2 N–H and O–H groups in total. The standard InChI is InChI=1S/C17H32N2O/c1-11(13(20)19-15(2,3)4)18-14-16(5,6)12-8-9-17(14,7)10-12/h11-12,14,18H,8-10H2,1-7H3,(H,19,20)/t11?,12-,14?,17+/m0/s1. The first-order valence-electron chi connectivity index (χ1n) is 8.04. The van der Waals surface area contributed by atoms with Gasteiger partial charge in [0.15, 0.2) is 0 Å². The third-order valence-electron chi connectivity index (χ3n) is 5.58. The van der Waals surface area contributed by atoms with E-state index < -0.39 is 0 Å². The molecule has 2 unspecified atom stereocenters. The fraction of sp³-hybridized carbons (Fsp3) is 0.941. The Bertz CT molecular complexity index is 392. The lowest BCUT2D eigenvalue weighted by Gasteiger charge is -2.44. The average Bonchev–Trinajstić information content (AvgIpc) is 2.73. The summed E-state index contributed by atoms with van der Waals surface area (Å²) in [5, 5.41) is 6.73. The Labute approximate surface area is 124 Å². The summed E-state index contributed by atoms with van der Waals surface area (Å²) < 4.78 is 0. The van der Waals surface area contributed by atoms with Crippen LogP contribution in [0.1, 0.15) is 67.7 Å². The third kappa shape index (κ3) is 2.74. The molecule has 20 heavy (non-hydrogen) atoms. The smallest absolute Gasteiger partial charge is 0.237 e. The van der Waals surface area contributed by atoms with Gasteiger partial charge >= 0.3 is 0 Å². The van der Waals surface area contributed by atoms with Crippen molar-refractivity contribution < 1.29 is 4.79 Å². The summed E-state index contributed by atoms with van der Waals surface area (Å²) in [6.45, 7) is 15.2. The van der Waals surface area contributed by atoms with Crippen LogP contribution in [-0.2, 0) is 4.79 Å². The van der Waals surface area contributed by atoms with Crippen molar-refractivity contribution in [2.75, 3.05) is 0 Å². The summed E-state index contributed by atoms with van der Waals surface area (Å²) >= 11 is 0. The SMILES string of the molecule is CC(NC1C(C)(C)[C@H]2CC[C@]1(C)C2)C(=O)NC(C)(C)C. The quantitative estimate of drug-likeness (QED) is 0.834. The lowest BCUT2D eigenvalue weighted by Crippen LogP contribution is -2.58. The number of carbonyl (C=O) groups excluding carboxylic acids is 1. The first-order chi connectivity index (χ1) is 8.96. The largest absolute Gasteiger partial charge is 0.350 e. The van der Waals surface area contributed by atoms with Crippen molar-refractivity contribution in [2.24, 2.45) is 16.7 Å². The van der Waals surface area contributed by atoms with Gasteiger partial charge in [-0.25, -0.2) is 0 Å². The predicted octanol–water partition coefficient (Wildman–Crippen LogP) is 3.09. The highest BCUT2D eigenvalue weighted by atomic mass is 16.2. The molecule has 2 rings (SSSR count). The Morgan fingerprint density at radius 3 is 2.30 bits per heavy atom. The molecule has 0 radical (unpaired) electrons. The zero-order valence-electron chi connectivity index (χ0n) is 14.3. The van der Waals surface area contributed by atoms with E-state index in [1.165, 1.54) is 19.3 Å². The molecule has 0 aromatic rings. The van der Waals surface area contributed by atoms with Crippen LogP contribution in [-0.4, -0.2) is 23.5 Å². The molecule has 2 fully saturated rings. The molecule has 0 saturated heterocycles. The molecule has 2 saturated carbocycles. The summed E-state index contributed by atoms with van der Waals surface area (Å²) in [7, 11) is 0. The maximum Gasteiger partial charge on any atom is 0.237 e. The number of hydrogen-bond donors (Lipinski definition) is 2. The lowest BCUT2D eigenvalue weighted by molar-refractivity contribution is -0.124. The van der Waals surface area contributed by atoms with E-state index in [0.717, 1.165) is 5.92 Å². The molecule has 2 aliphatic carbocycles. The van der Waals surface area contributed by atoms with Gasteiger partial charge in [-0.3, -0.25) is 4.79 Å². The van der Waals surface area contributed by atoms with Crippen molar-refractivity contribution >= 4 is 5.91 Å². The molecular formula is C17H32N2O. The second kappa shape index (κ2) is 4.72. The van der Waals surface area contributed by atoms with E-state index in [0.29, 0.717) is 16.9 Å². The van der Waals surface area contributed by atoms with Crippen molar-refractivity contribution in [3.8, 4) is 0 Å². The summed E-state index contributed by atoms with van der Waals surface area (Å²) in [6, 6.07) is 0.309. The van der Waals surface area contributed by atoms with Gasteiger partial charge in [-0.1, -0.05) is 20.8 Å². The Morgan fingerprint density at radius 1 is 1.25 bits per heavy atom. The van der Waals surface area contributed by atoms with Crippen LogP contribution in [0.4, 0.5) is 0 Å². The molecule has 4 atom stereocenters. The second-order valence-electron chi connectivity index (χ2n) is 8.98. The van der Waals surface area contributed by atoms with Crippen molar-refractivity contribution in [1.82, 2.24) is 10.6 Å². The summed E-state index contributed by atoms with van der Waals surface area (Å²) in [5.74, 6) is 0.919. The number of fused-ring (bicyclic) bond motifs is 2. The van der Waals surface area contributed by atoms with Gasteiger partial charge < -0.3 is 10.6 Å². The van der Waals surface area contributed by atoms with Gasteiger partial charge in [0.25, 0.3) is 0 Å². The highest BCUT2D eigenvalue weighted by Crippen LogP contribution is 2.62. The molecule has 0 heterocycles. The van der Waals surface area contributed by atoms with Gasteiger partial charge in [0, 0.05) is 11.6 Å². The molecule has 0 aromatic heterocycles. The Balaban J connectivity index is 2.04. The molecular weight excluding hydrogens is 248 g/mol. The third-order valence-corrected chi connectivity index (χ3v) is 5.58. The topological polar surface area (TPSA) is 41.1 Å². The van der Waals surface area contributed by atoms with Crippen molar-refractivity contribution in [1.29, 1.82) is 0 Å². The van der Waals surface area contributed by atoms with Gasteiger partial charge in [0.1, 0.15) is 0 Å². The fourth-order valence-electron chi connectivity index (χ4n) is 4.52. The minimum Gasteiger partial charge on any atom is -0.350 e. The zero-order valence-corrected chi connectivity index (χ0v) is 14.3. The normalized spacial score (nSPS) is 37.0. The van der Waals surface area contributed by atoms with Crippen LogP contribution in [0, 0.1) is 16.7 Å². The lowest BCUT2D eigenvalue weighted by atomic mass is 9.68. The van der Waals surface area contributed by atoms with Gasteiger partial charge in [-0.2, -0.15) is 0 Å². The molecule has 3 nitrogen and oxygen atoms in total. The number of nitrogens with one attached hydrogen (secondary N) is 2. The molecule has 116 valence electrons. The van der Waals surface area contributed by atoms with Gasteiger partial charge in [0.2, 0.25) is 5.91 Å². The van der Waals surface area contributed by atoms with E-state index in [1.54, 1.807) is 0 Å². The maximum atomic E-state index is 12.3. The van der Waals surface area contributed by atoms with Crippen LogP contribution in [0.25, 0.3) is 0 Å². The summed E-state index contributed by atoms with van der Waals surface area (Å²) in [4.78, 5) is 12.3. The van der Waals surface area contributed by atoms with Crippen LogP contribution in [0.5, 0.6) is 0 Å². The monoisotopic (exact) mass is 280 g/mol. The number of amides is 1. The second-order valence-corrected chi connectivity index (χ2v) is 8.98. The number of carbonyl (C=O) groups is 1. The Hall–Kier alpha value is -0.570. The highest BCUT2D eigenvalue weighted by molar-refractivity contribution is 5.82. The fourth-order valence-corrected chi connectivity index (χ4v) is 4.52. The van der Waals surface area contributed by atoms with Gasteiger partial charge in [0.05, 0.1) is 6.04 Å². The van der Waals surface area contributed by atoms with E-state index in [1.807, 2.05) is 27.7 Å². The molecule has 0 aromatic carbocycles. The Kier molecular flexibility index (Phi) is 3.73. The average molecular weight is 280 g/mol. The van der Waals surface area contributed by atoms with Crippen molar-refractivity contribution in [3.05, 3.63) is 0 Å². The molecule has 2 bridgehead atoms. The van der Waals surface area contributed by atoms with E-state index in [-0.39, 0.29) is 17.5 Å². The highest BCUT2D eigenvalue weighted by Gasteiger charge is 2.59. The molecule has 1 amide bonds. The number of rotatable bonds is 3. The van der Waals surface area contributed by atoms with E-state index in [4.69, 9.17) is 0 Å². The first kappa shape index (κ1) is 15.8. The van der Waals surface area contributed by atoms with Gasteiger partial charge in [-0.15, -0.1) is 0 Å². The van der Waals surface area contributed by atoms with Crippen LogP contribution in [0.2, 0.25) is 0 Å². The molecule has 3 heteroatoms. The minimum absolute atomic E-state index is 0.111. The van der Waals surface area contributed by atoms with Crippen LogP contribution >= 0.6 is 0 Å². The zero-order chi connectivity index (χ0) is 15.3. The summed E-state index contributed by atoms with van der Waals surface area (Å²) in [5.41, 5.74) is 0.495. The van der Waals surface area contributed by atoms with Gasteiger partial charge in [-0.05, 0) is 63.7 Å². The minimum atomic E-state index is -0.166. The van der Waals surface area contributed by atoms with Crippen LogP contribution in [0.3, 0.4) is 0 Å². The maximum absolute atomic E-state index is 12.3. The summed E-state index contributed by atoms with van der Waals surface area (Å²) in [6.07, 6.45) is 3.96. The Morgan fingerprint density at radius 2 is 1.85 bits per heavy atom. The van der Waals surface area contributed by atoms with Crippen molar-refractivity contribution in [2.45, 2.75) is 85.4 Å². The predicted molar refractivity (Wildman–Crippen MR) is 83.5 cm³/mol. The van der Waals surface area contributed by atoms with E-state index >= 15 is 0 Å². The van der Waals surface area contributed by atoms with Crippen LogP contribution in [0.15, 0.2) is 0 Å².